The van der Waals surface area contributed by atoms with Crippen LogP contribution in [0.5, 0.6) is 0 Å². The maximum atomic E-state index is 11.8. The zero-order valence-electron chi connectivity index (χ0n) is 12.3. The number of aromatic amines is 1. The minimum Gasteiger partial charge on any atom is -0.481 e. The summed E-state index contributed by atoms with van der Waals surface area (Å²) in [6.45, 7) is 3.21. The Morgan fingerprint density at radius 1 is 1.48 bits per heavy atom. The molecule has 0 bridgehead atoms. The Morgan fingerprint density at radius 2 is 2.14 bits per heavy atom. The normalized spacial score (nSPS) is 21.3. The second-order valence-electron chi connectivity index (χ2n) is 6.19. The fourth-order valence-electron chi connectivity index (χ4n) is 3.06. The van der Waals surface area contributed by atoms with Crippen LogP contribution in [0.1, 0.15) is 50.8 Å². The maximum Gasteiger partial charge on any atom is 0.309 e. The molecular formula is C15H21N3O3. The van der Waals surface area contributed by atoms with Gasteiger partial charge in [-0.1, -0.05) is 6.92 Å². The topological polar surface area (TPSA) is 86.3 Å². The van der Waals surface area contributed by atoms with Gasteiger partial charge in [-0.05, 0) is 32.1 Å². The van der Waals surface area contributed by atoms with E-state index in [-0.39, 0.29) is 5.56 Å². The predicted molar refractivity (Wildman–Crippen MR) is 78.6 cm³/mol. The summed E-state index contributed by atoms with van der Waals surface area (Å²) in [4.78, 5) is 32.6. The molecule has 1 saturated heterocycles. The number of aromatic nitrogens is 2. The first-order valence-electron chi connectivity index (χ1n) is 7.64. The summed E-state index contributed by atoms with van der Waals surface area (Å²) < 4.78 is 0. The number of carboxylic acid groups (broad SMARTS) is 1. The van der Waals surface area contributed by atoms with Crippen molar-refractivity contribution in [1.82, 2.24) is 9.97 Å². The Morgan fingerprint density at radius 3 is 2.67 bits per heavy atom. The molecule has 3 rings (SSSR count). The number of H-pyrrole nitrogens is 1. The molecule has 0 atom stereocenters. The third-order valence-corrected chi connectivity index (χ3v) is 4.89. The molecule has 1 aliphatic carbocycles. The first-order chi connectivity index (χ1) is 10.0. The lowest BCUT2D eigenvalue weighted by atomic mass is 9.76. The Balaban J connectivity index is 1.78. The van der Waals surface area contributed by atoms with Crippen LogP contribution < -0.4 is 10.5 Å². The molecule has 1 aromatic heterocycles. The third kappa shape index (κ3) is 2.66. The summed E-state index contributed by atoms with van der Waals surface area (Å²) >= 11 is 0. The Hall–Kier alpha value is -1.85. The fraction of sp³-hybridized carbons (Fsp3) is 0.667. The minimum absolute atomic E-state index is 0.118. The molecule has 6 nitrogen and oxygen atoms in total. The van der Waals surface area contributed by atoms with Crippen LogP contribution in [0.4, 0.5) is 5.82 Å². The summed E-state index contributed by atoms with van der Waals surface area (Å²) in [7, 11) is 0. The SMILES string of the molecule is CCC1(C(=O)O)CCN(c2cc(=O)[nH]c(C3CC3)n2)CC1. The highest BCUT2D eigenvalue weighted by atomic mass is 16.4. The summed E-state index contributed by atoms with van der Waals surface area (Å²) in [5.41, 5.74) is -0.732. The molecule has 2 heterocycles. The van der Waals surface area contributed by atoms with Gasteiger partial charge in [0.25, 0.3) is 5.56 Å². The van der Waals surface area contributed by atoms with Gasteiger partial charge in [0.2, 0.25) is 0 Å². The first-order valence-corrected chi connectivity index (χ1v) is 7.64. The lowest BCUT2D eigenvalue weighted by Crippen LogP contribution is -2.44. The summed E-state index contributed by atoms with van der Waals surface area (Å²) in [5, 5.41) is 9.43. The zero-order chi connectivity index (χ0) is 15.0. The number of piperidine rings is 1. The molecule has 0 amide bonds. The van der Waals surface area contributed by atoms with Crippen LogP contribution in [0.2, 0.25) is 0 Å². The minimum atomic E-state index is -0.706. The van der Waals surface area contributed by atoms with Gasteiger partial charge in [-0.15, -0.1) is 0 Å². The second-order valence-corrected chi connectivity index (χ2v) is 6.19. The standard InChI is InChI=1S/C15H21N3O3/c1-2-15(14(20)21)5-7-18(8-6-15)11-9-12(19)17-13(16-11)10-3-4-10/h9-10H,2-8H2,1H3,(H,20,21)(H,16,17,19). The van der Waals surface area contributed by atoms with Gasteiger partial charge in [-0.2, -0.15) is 0 Å². The molecule has 1 saturated carbocycles. The highest BCUT2D eigenvalue weighted by molar-refractivity contribution is 5.75. The van der Waals surface area contributed by atoms with Gasteiger partial charge < -0.3 is 15.0 Å². The van der Waals surface area contributed by atoms with E-state index in [0.29, 0.717) is 44.1 Å². The summed E-state index contributed by atoms with van der Waals surface area (Å²) in [6.07, 6.45) is 4.03. The molecule has 21 heavy (non-hydrogen) atoms. The second kappa shape index (κ2) is 5.16. The van der Waals surface area contributed by atoms with Crippen molar-refractivity contribution >= 4 is 11.8 Å². The van der Waals surface area contributed by atoms with Gasteiger partial charge in [-0.25, -0.2) is 4.98 Å². The van der Waals surface area contributed by atoms with Crippen LogP contribution in [-0.2, 0) is 4.79 Å². The molecule has 1 aliphatic heterocycles. The quantitative estimate of drug-likeness (QED) is 0.882. The van der Waals surface area contributed by atoms with E-state index < -0.39 is 11.4 Å². The van der Waals surface area contributed by atoms with Gasteiger partial charge in [0.1, 0.15) is 11.6 Å². The average Bonchev–Trinajstić information content (AvgIpc) is 3.31. The molecule has 1 aromatic rings. The number of aliphatic carboxylic acids is 1. The van der Waals surface area contributed by atoms with Crippen molar-refractivity contribution in [3.8, 4) is 0 Å². The van der Waals surface area contributed by atoms with Gasteiger partial charge in [-0.3, -0.25) is 9.59 Å². The third-order valence-electron chi connectivity index (χ3n) is 4.89. The molecule has 2 fully saturated rings. The Bertz CT molecular complexity index is 598. The van der Waals surface area contributed by atoms with Crippen LogP contribution in [0.25, 0.3) is 0 Å². The van der Waals surface area contributed by atoms with E-state index in [1.807, 2.05) is 11.8 Å². The van der Waals surface area contributed by atoms with Crippen LogP contribution in [0.3, 0.4) is 0 Å². The fourth-order valence-corrected chi connectivity index (χ4v) is 3.06. The largest absolute Gasteiger partial charge is 0.481 e. The summed E-state index contributed by atoms with van der Waals surface area (Å²) in [5.74, 6) is 1.16. The van der Waals surface area contributed by atoms with Crippen LogP contribution >= 0.6 is 0 Å². The molecule has 2 aliphatic rings. The van der Waals surface area contributed by atoms with E-state index in [0.717, 1.165) is 18.7 Å². The smallest absolute Gasteiger partial charge is 0.309 e. The van der Waals surface area contributed by atoms with E-state index in [9.17, 15) is 14.7 Å². The number of nitrogens with zero attached hydrogens (tertiary/aromatic N) is 2. The molecule has 0 spiro atoms. The first kappa shape index (κ1) is 14.1. The number of nitrogens with one attached hydrogen (secondary N) is 1. The predicted octanol–water partition coefficient (Wildman–Crippen LogP) is 1.73. The van der Waals surface area contributed by atoms with E-state index in [2.05, 4.69) is 9.97 Å². The van der Waals surface area contributed by atoms with Crippen molar-refractivity contribution in [2.45, 2.75) is 44.9 Å². The molecular weight excluding hydrogens is 270 g/mol. The highest BCUT2D eigenvalue weighted by Crippen LogP contribution is 2.39. The molecule has 0 aromatic carbocycles. The van der Waals surface area contributed by atoms with Crippen LogP contribution in [-0.4, -0.2) is 34.1 Å². The Labute approximate surface area is 123 Å². The maximum absolute atomic E-state index is 11.8. The van der Waals surface area contributed by atoms with Gasteiger partial charge in [0, 0.05) is 25.1 Å². The number of anilines is 1. The van der Waals surface area contributed by atoms with Crippen molar-refractivity contribution in [3.05, 3.63) is 22.2 Å². The van der Waals surface area contributed by atoms with E-state index in [1.165, 1.54) is 6.07 Å². The number of carboxylic acids is 1. The van der Waals surface area contributed by atoms with Crippen molar-refractivity contribution in [2.75, 3.05) is 18.0 Å². The number of hydrogen-bond donors (Lipinski definition) is 2. The van der Waals surface area contributed by atoms with E-state index >= 15 is 0 Å². The van der Waals surface area contributed by atoms with Crippen molar-refractivity contribution in [1.29, 1.82) is 0 Å². The van der Waals surface area contributed by atoms with Crippen molar-refractivity contribution < 1.29 is 9.90 Å². The highest BCUT2D eigenvalue weighted by Gasteiger charge is 2.40. The molecule has 0 radical (unpaired) electrons. The van der Waals surface area contributed by atoms with Crippen LogP contribution in [0, 0.1) is 5.41 Å². The number of hydrogen-bond acceptors (Lipinski definition) is 4. The number of rotatable bonds is 4. The van der Waals surface area contributed by atoms with Crippen LogP contribution in [0.15, 0.2) is 10.9 Å². The van der Waals surface area contributed by atoms with Crippen molar-refractivity contribution in [3.63, 3.8) is 0 Å². The van der Waals surface area contributed by atoms with Gasteiger partial charge >= 0.3 is 5.97 Å². The average molecular weight is 291 g/mol. The molecule has 0 unspecified atom stereocenters. The lowest BCUT2D eigenvalue weighted by molar-refractivity contribution is -0.150. The van der Waals surface area contributed by atoms with Gasteiger partial charge in [0.15, 0.2) is 0 Å². The molecule has 6 heteroatoms. The van der Waals surface area contributed by atoms with E-state index in [1.54, 1.807) is 0 Å². The zero-order valence-corrected chi connectivity index (χ0v) is 12.3. The van der Waals surface area contributed by atoms with Gasteiger partial charge in [0.05, 0.1) is 5.41 Å². The van der Waals surface area contributed by atoms with Crippen molar-refractivity contribution in [2.24, 2.45) is 5.41 Å². The lowest BCUT2D eigenvalue weighted by Gasteiger charge is -2.38. The van der Waals surface area contributed by atoms with E-state index in [4.69, 9.17) is 0 Å². The Kier molecular flexibility index (Phi) is 3.47. The molecule has 114 valence electrons. The molecule has 2 N–H and O–H groups in total. The number of carbonyl (C=O) groups is 1. The summed E-state index contributed by atoms with van der Waals surface area (Å²) in [6, 6.07) is 1.52. The monoisotopic (exact) mass is 291 g/mol.